The smallest absolute Gasteiger partial charge is 0.194 e. The fourth-order valence-electron chi connectivity index (χ4n) is 5.74. The number of hydrogen-bond donors (Lipinski definition) is 0. The summed E-state index contributed by atoms with van der Waals surface area (Å²) in [4.78, 5) is 43.8. The fourth-order valence-corrected chi connectivity index (χ4v) is 5.87. The number of rotatable bonds is 7. The van der Waals surface area contributed by atoms with Gasteiger partial charge in [0.2, 0.25) is 0 Å². The molecule has 48 heavy (non-hydrogen) atoms. The van der Waals surface area contributed by atoms with E-state index in [2.05, 4.69) is 33.1 Å². The van der Waals surface area contributed by atoms with Crippen LogP contribution in [0.3, 0.4) is 0 Å². The zero-order valence-corrected chi connectivity index (χ0v) is 27.1. The second kappa shape index (κ2) is 13.0. The van der Waals surface area contributed by atoms with Crippen LogP contribution in [0.2, 0.25) is 0 Å². The van der Waals surface area contributed by atoms with Gasteiger partial charge < -0.3 is 17.5 Å². The maximum Gasteiger partial charge on any atom is 0.194 e. The zero-order valence-electron chi connectivity index (χ0n) is 26.3. The van der Waals surface area contributed by atoms with E-state index in [9.17, 15) is 9.59 Å². The number of aliphatic imine (C=N–C) groups is 3. The quantitative estimate of drug-likeness (QED) is 0.129. The molecule has 1 aliphatic carbocycles. The van der Waals surface area contributed by atoms with Gasteiger partial charge in [0, 0.05) is 71.6 Å². The van der Waals surface area contributed by atoms with Crippen molar-refractivity contribution < 1.29 is 9.59 Å². The number of carbonyl (C=O) groups excluding carboxylic acids is 2. The molecule has 6 aromatic carbocycles. The van der Waals surface area contributed by atoms with E-state index in [4.69, 9.17) is 17.6 Å². The van der Waals surface area contributed by atoms with Crippen LogP contribution in [0.1, 0.15) is 48.5 Å². The Hall–Kier alpha value is -6.05. The lowest BCUT2D eigenvalue weighted by Gasteiger charge is -2.18. The largest absolute Gasteiger partial charge is 0.780 e. The first-order chi connectivity index (χ1) is 23.3. The van der Waals surface area contributed by atoms with E-state index in [0.717, 1.165) is 43.7 Å². The van der Waals surface area contributed by atoms with Crippen molar-refractivity contribution in [1.82, 2.24) is 0 Å². The van der Waals surface area contributed by atoms with E-state index < -0.39 is 0 Å². The highest BCUT2D eigenvalue weighted by Crippen LogP contribution is 2.33. The van der Waals surface area contributed by atoms with Crippen LogP contribution in [-0.4, -0.2) is 44.3 Å². The third-order valence-corrected chi connectivity index (χ3v) is 8.52. The molecule has 0 saturated heterocycles. The minimum absolute atomic E-state index is 0.203. The topological polar surface area (TPSA) is 74.5 Å². The number of ketones is 2. The van der Waals surface area contributed by atoms with Gasteiger partial charge in [-0.25, -0.2) is 0 Å². The van der Waals surface area contributed by atoms with Crippen LogP contribution in [0.4, 0.5) is 22.7 Å². The van der Waals surface area contributed by atoms with Gasteiger partial charge >= 0.3 is 0 Å². The summed E-state index contributed by atoms with van der Waals surface area (Å²) in [6, 6.07) is 37.9. The molecule has 6 aromatic rings. The highest BCUT2D eigenvalue weighted by molar-refractivity contribution is 7.58. The highest BCUT2D eigenvalue weighted by Gasteiger charge is 2.30. The third kappa shape index (κ3) is 6.19. The Morgan fingerprint density at radius 3 is 1.58 bits per heavy atom. The van der Waals surface area contributed by atoms with Gasteiger partial charge in [0.05, 0.1) is 17.1 Å². The molecule has 0 amide bonds. The molecule has 1 aliphatic rings. The molecule has 0 radical (unpaired) electrons. The molecule has 6 nitrogen and oxygen atoms in total. The van der Waals surface area contributed by atoms with Crippen LogP contribution in [0.15, 0.2) is 141 Å². The summed E-state index contributed by atoms with van der Waals surface area (Å²) >= 11 is 5.12. The molecule has 0 heterocycles. The van der Waals surface area contributed by atoms with Gasteiger partial charge in [0.15, 0.2) is 11.6 Å². The molecule has 0 aliphatic heterocycles. The van der Waals surface area contributed by atoms with E-state index >= 15 is 0 Å². The van der Waals surface area contributed by atoms with Gasteiger partial charge in [-0.2, -0.15) is 4.90 Å². The molecule has 7 heteroatoms. The minimum atomic E-state index is -0.205. The van der Waals surface area contributed by atoms with Gasteiger partial charge in [-0.05, 0) is 71.1 Å². The summed E-state index contributed by atoms with van der Waals surface area (Å²) in [6.45, 7) is 0. The normalized spacial score (nSPS) is 12.7. The molecule has 0 saturated carbocycles. The van der Waals surface area contributed by atoms with Crippen molar-refractivity contribution in [3.8, 4) is 0 Å². The lowest BCUT2D eigenvalue weighted by molar-refractivity contribution is 0.0979. The first kappa shape index (κ1) is 30.6. The number of fused-ring (bicyclic) bond motifs is 3. The lowest BCUT2D eigenvalue weighted by atomic mass is 9.83. The molecule has 0 spiro atoms. The maximum atomic E-state index is 13.6. The van der Waals surface area contributed by atoms with Crippen LogP contribution < -0.4 is 4.90 Å². The number of carbonyl (C=O) groups is 2. The average Bonchev–Trinajstić information content (AvgIpc) is 3.12. The molecule has 7 rings (SSSR count). The molecular formula is C41H29N4O2S-. The maximum absolute atomic E-state index is 13.6. The van der Waals surface area contributed by atoms with Crippen molar-refractivity contribution in [2.45, 2.75) is 4.90 Å². The molecule has 232 valence electrons. The average molecular weight is 642 g/mol. The summed E-state index contributed by atoms with van der Waals surface area (Å²) in [6.07, 6.45) is 5.33. The van der Waals surface area contributed by atoms with Gasteiger partial charge in [0.25, 0.3) is 0 Å². The van der Waals surface area contributed by atoms with Crippen molar-refractivity contribution >= 4 is 76.4 Å². The summed E-state index contributed by atoms with van der Waals surface area (Å²) < 4.78 is 0. The van der Waals surface area contributed by atoms with E-state index in [-0.39, 0.29) is 11.6 Å². The van der Waals surface area contributed by atoms with Gasteiger partial charge in [0.1, 0.15) is 0 Å². The van der Waals surface area contributed by atoms with Crippen LogP contribution >= 0.6 is 0 Å². The second-order valence-corrected chi connectivity index (χ2v) is 12.1. The zero-order chi connectivity index (χ0) is 33.2. The molecule has 0 atom stereocenters. The Labute approximate surface area is 284 Å². The molecule has 0 bridgehead atoms. The third-order valence-electron chi connectivity index (χ3n) is 8.25. The number of hydrogen-bond acceptors (Lipinski definition) is 7. The van der Waals surface area contributed by atoms with E-state index in [0.29, 0.717) is 33.6 Å². The standard InChI is InChI=1S/C41H30N4O2S/c1-45(2)39-20-11-28(33-5-3-4-6-34(33)39)25-44-31-15-19-36-38(22-31)41(47)35-18-14-30(21-37(35)40(36)46)43-24-27-9-7-26(8-10-27)23-42-29-12-16-32(48)17-13-29/h3-25,48H,1-2H3/p-1. The van der Waals surface area contributed by atoms with Gasteiger partial charge in [-0.1, -0.05) is 66.7 Å². The van der Waals surface area contributed by atoms with E-state index in [1.165, 1.54) is 0 Å². The second-order valence-electron chi connectivity index (χ2n) is 11.7. The monoisotopic (exact) mass is 641 g/mol. The van der Waals surface area contributed by atoms with Gasteiger partial charge in [-0.15, -0.1) is 0 Å². The van der Waals surface area contributed by atoms with Crippen molar-refractivity contribution in [2.24, 2.45) is 15.0 Å². The molecule has 0 aromatic heterocycles. The summed E-state index contributed by atoms with van der Waals surface area (Å²) in [5, 5.41) is 2.22. The molecular weight excluding hydrogens is 613 g/mol. The Morgan fingerprint density at radius 1 is 0.521 bits per heavy atom. The van der Waals surface area contributed by atoms with Crippen molar-refractivity contribution in [3.63, 3.8) is 0 Å². The molecule has 0 fully saturated rings. The van der Waals surface area contributed by atoms with E-state index in [1.807, 2.05) is 80.8 Å². The number of nitrogens with zero attached hydrogens (tertiary/aromatic N) is 4. The van der Waals surface area contributed by atoms with E-state index in [1.54, 1.807) is 55.0 Å². The Balaban J connectivity index is 1.08. The fraction of sp³-hybridized carbons (Fsp3) is 0.0488. The van der Waals surface area contributed by atoms with Crippen LogP contribution in [0, 0.1) is 0 Å². The Bertz CT molecular complexity index is 2300. The Morgan fingerprint density at radius 2 is 1.02 bits per heavy atom. The SMILES string of the molecule is CN(C)c1ccc(C=Nc2ccc3c(c2)C(=O)c2ccc(N=Cc4ccc(C=Nc5ccc([S-])cc5)cc4)cc2C3=O)c2ccccc12. The lowest BCUT2D eigenvalue weighted by Crippen LogP contribution is -2.20. The van der Waals surface area contributed by atoms with Crippen molar-refractivity contribution in [1.29, 1.82) is 0 Å². The Kier molecular flexibility index (Phi) is 8.28. The molecule has 0 unspecified atom stereocenters. The van der Waals surface area contributed by atoms with Crippen LogP contribution in [0.5, 0.6) is 0 Å². The predicted molar refractivity (Wildman–Crippen MR) is 198 cm³/mol. The summed E-state index contributed by atoms with van der Waals surface area (Å²) in [5.74, 6) is -0.409. The van der Waals surface area contributed by atoms with Crippen molar-refractivity contribution in [2.75, 3.05) is 19.0 Å². The first-order valence-electron chi connectivity index (χ1n) is 15.4. The summed E-state index contributed by atoms with van der Waals surface area (Å²) in [5.41, 5.74) is 7.39. The summed E-state index contributed by atoms with van der Waals surface area (Å²) in [7, 11) is 4.05. The predicted octanol–water partition coefficient (Wildman–Crippen LogP) is 8.84. The highest BCUT2D eigenvalue weighted by atomic mass is 32.1. The van der Waals surface area contributed by atoms with Gasteiger partial charge in [-0.3, -0.25) is 24.6 Å². The molecule has 0 N–H and O–H groups in total. The van der Waals surface area contributed by atoms with Crippen LogP contribution in [0.25, 0.3) is 10.8 Å². The van der Waals surface area contributed by atoms with Crippen LogP contribution in [-0.2, 0) is 12.6 Å². The van der Waals surface area contributed by atoms with Crippen molar-refractivity contribution in [3.05, 3.63) is 160 Å². The first-order valence-corrected chi connectivity index (χ1v) is 15.8. The minimum Gasteiger partial charge on any atom is -0.780 e. The number of benzene rings is 6. The number of anilines is 1.